The Morgan fingerprint density at radius 1 is 1.26 bits per heavy atom. The summed E-state index contributed by atoms with van der Waals surface area (Å²) in [6, 6.07) is 12.3. The number of anilines is 1. The van der Waals surface area contributed by atoms with E-state index in [2.05, 4.69) is 15.3 Å². The number of carbonyl (C=O) groups is 1. The summed E-state index contributed by atoms with van der Waals surface area (Å²) in [5.74, 6) is 0.203. The molecule has 0 aliphatic carbocycles. The zero-order valence-electron chi connectivity index (χ0n) is 14.5. The number of carbonyl (C=O) groups excluding carboxylic acids is 1. The first-order valence-electron chi connectivity index (χ1n) is 8.45. The van der Waals surface area contributed by atoms with Crippen LogP contribution in [0.4, 0.5) is 9.52 Å². The number of aryl methyl sites for hydroxylation is 2. The van der Waals surface area contributed by atoms with Crippen molar-refractivity contribution in [2.24, 2.45) is 0 Å². The van der Waals surface area contributed by atoms with Crippen molar-refractivity contribution in [2.45, 2.75) is 19.8 Å². The zero-order valence-corrected chi connectivity index (χ0v) is 15.3. The first-order chi connectivity index (χ1) is 13.1. The molecule has 0 saturated heterocycles. The van der Waals surface area contributed by atoms with E-state index in [0.29, 0.717) is 28.8 Å². The average Bonchev–Trinajstić information content (AvgIpc) is 3.26. The molecular weight excluding hydrogens is 365 g/mol. The summed E-state index contributed by atoms with van der Waals surface area (Å²) >= 11 is 1.44. The first-order valence-corrected chi connectivity index (χ1v) is 9.27. The Kier molecular flexibility index (Phi) is 4.68. The second kappa shape index (κ2) is 7.28. The van der Waals surface area contributed by atoms with Gasteiger partial charge >= 0.3 is 0 Å². The molecule has 0 fully saturated rings. The Labute approximate surface area is 158 Å². The van der Waals surface area contributed by atoms with Crippen LogP contribution in [0.2, 0.25) is 0 Å². The second-order valence-corrected chi connectivity index (χ2v) is 7.17. The summed E-state index contributed by atoms with van der Waals surface area (Å²) < 4.78 is 20.4. The van der Waals surface area contributed by atoms with Crippen LogP contribution < -0.4 is 5.32 Å². The minimum absolute atomic E-state index is 0.170. The monoisotopic (exact) mass is 381 g/mol. The Bertz CT molecular complexity index is 1120. The number of hydrogen-bond acceptors (Lipinski definition) is 5. The van der Waals surface area contributed by atoms with Gasteiger partial charge in [-0.05, 0) is 36.8 Å². The number of thiazole rings is 1. The number of nitrogens with one attached hydrogen (secondary N) is 1. The van der Waals surface area contributed by atoms with Crippen molar-refractivity contribution in [1.29, 1.82) is 0 Å². The predicted octanol–water partition coefficient (Wildman–Crippen LogP) is 4.97. The summed E-state index contributed by atoms with van der Waals surface area (Å²) in [5.41, 5.74) is 2.37. The molecule has 136 valence electrons. The van der Waals surface area contributed by atoms with Crippen LogP contribution in [0.1, 0.15) is 17.9 Å². The molecule has 4 rings (SSSR count). The van der Waals surface area contributed by atoms with Crippen LogP contribution in [0, 0.1) is 12.7 Å². The summed E-state index contributed by atoms with van der Waals surface area (Å²) in [6.45, 7) is 2.02. The Morgan fingerprint density at radius 3 is 2.96 bits per heavy atom. The third-order valence-electron chi connectivity index (χ3n) is 4.05. The SMILES string of the molecule is Cc1ccc2nc(NC(=O)CCc3ncc(-c4ccccc4F)o3)sc2c1. The number of nitrogens with zero attached hydrogens (tertiary/aromatic N) is 2. The number of rotatable bonds is 5. The first kappa shape index (κ1) is 17.4. The number of hydrogen-bond donors (Lipinski definition) is 1. The molecule has 2 heterocycles. The van der Waals surface area contributed by atoms with Gasteiger partial charge in [0.25, 0.3) is 0 Å². The van der Waals surface area contributed by atoms with Crippen molar-refractivity contribution < 1.29 is 13.6 Å². The lowest BCUT2D eigenvalue weighted by Gasteiger charge is -2.00. The van der Waals surface area contributed by atoms with E-state index in [1.54, 1.807) is 18.2 Å². The molecule has 4 aromatic rings. The molecule has 0 aliphatic heterocycles. The van der Waals surface area contributed by atoms with Crippen LogP contribution in [0.15, 0.2) is 53.1 Å². The summed E-state index contributed by atoms with van der Waals surface area (Å²) in [4.78, 5) is 20.7. The lowest BCUT2D eigenvalue weighted by molar-refractivity contribution is -0.116. The van der Waals surface area contributed by atoms with E-state index in [-0.39, 0.29) is 18.1 Å². The Hall–Kier alpha value is -3.06. The Morgan fingerprint density at radius 2 is 2.11 bits per heavy atom. The highest BCUT2D eigenvalue weighted by atomic mass is 32.1. The minimum atomic E-state index is -0.371. The molecule has 0 saturated carbocycles. The second-order valence-electron chi connectivity index (χ2n) is 6.14. The normalized spacial score (nSPS) is 11.0. The standard InChI is InChI=1S/C20H16FN3O2S/c1-12-6-7-15-17(10-12)27-20(23-15)24-18(25)8-9-19-22-11-16(26-19)13-4-2-3-5-14(13)21/h2-7,10-11H,8-9H2,1H3,(H,23,24,25). The van der Waals surface area contributed by atoms with E-state index in [1.165, 1.54) is 23.6 Å². The van der Waals surface area contributed by atoms with Gasteiger partial charge in [0.2, 0.25) is 5.91 Å². The van der Waals surface area contributed by atoms with Crippen LogP contribution in [0.3, 0.4) is 0 Å². The summed E-state index contributed by atoms with van der Waals surface area (Å²) in [7, 11) is 0. The molecule has 5 nitrogen and oxygen atoms in total. The van der Waals surface area contributed by atoms with Crippen LogP contribution in [0.5, 0.6) is 0 Å². The lowest BCUT2D eigenvalue weighted by Crippen LogP contribution is -2.12. The molecule has 7 heteroatoms. The van der Waals surface area contributed by atoms with E-state index in [4.69, 9.17) is 4.42 Å². The van der Waals surface area contributed by atoms with Gasteiger partial charge in [0.1, 0.15) is 5.82 Å². The number of fused-ring (bicyclic) bond motifs is 1. The van der Waals surface area contributed by atoms with Gasteiger partial charge in [-0.3, -0.25) is 4.79 Å². The van der Waals surface area contributed by atoms with Crippen molar-refractivity contribution in [1.82, 2.24) is 9.97 Å². The summed E-state index contributed by atoms with van der Waals surface area (Å²) in [5, 5.41) is 3.38. The fourth-order valence-electron chi connectivity index (χ4n) is 2.70. The molecule has 0 bridgehead atoms. The van der Waals surface area contributed by atoms with Gasteiger partial charge in [-0.15, -0.1) is 0 Å². The number of oxazole rings is 1. The average molecular weight is 381 g/mol. The fraction of sp³-hybridized carbons (Fsp3) is 0.150. The van der Waals surface area contributed by atoms with Crippen LogP contribution in [-0.2, 0) is 11.2 Å². The van der Waals surface area contributed by atoms with Crippen molar-refractivity contribution in [3.8, 4) is 11.3 Å². The van der Waals surface area contributed by atoms with Crippen LogP contribution in [-0.4, -0.2) is 15.9 Å². The minimum Gasteiger partial charge on any atom is -0.441 e. The topological polar surface area (TPSA) is 68.0 Å². The number of benzene rings is 2. The van der Waals surface area contributed by atoms with Crippen molar-refractivity contribution in [3.63, 3.8) is 0 Å². The molecule has 0 spiro atoms. The van der Waals surface area contributed by atoms with Gasteiger partial charge in [0, 0.05) is 12.8 Å². The predicted molar refractivity (Wildman–Crippen MR) is 103 cm³/mol. The molecule has 1 amide bonds. The van der Waals surface area contributed by atoms with Gasteiger partial charge < -0.3 is 9.73 Å². The van der Waals surface area contributed by atoms with Gasteiger partial charge in [-0.25, -0.2) is 14.4 Å². The molecule has 0 radical (unpaired) electrons. The highest BCUT2D eigenvalue weighted by Gasteiger charge is 2.13. The van der Waals surface area contributed by atoms with Gasteiger partial charge in [0.05, 0.1) is 22.0 Å². The molecule has 0 unspecified atom stereocenters. The van der Waals surface area contributed by atoms with E-state index in [1.807, 2.05) is 25.1 Å². The largest absolute Gasteiger partial charge is 0.441 e. The lowest BCUT2D eigenvalue weighted by atomic mass is 10.2. The van der Waals surface area contributed by atoms with E-state index >= 15 is 0 Å². The fourth-order valence-corrected chi connectivity index (χ4v) is 3.68. The summed E-state index contributed by atoms with van der Waals surface area (Å²) in [6.07, 6.45) is 2.00. The maximum atomic E-state index is 13.8. The quantitative estimate of drug-likeness (QED) is 0.530. The van der Waals surface area contributed by atoms with Gasteiger partial charge in [-0.1, -0.05) is 29.5 Å². The smallest absolute Gasteiger partial charge is 0.226 e. The third-order valence-corrected chi connectivity index (χ3v) is 4.98. The number of aromatic nitrogens is 2. The molecule has 0 atom stereocenters. The van der Waals surface area contributed by atoms with E-state index in [0.717, 1.165) is 15.8 Å². The third kappa shape index (κ3) is 3.88. The van der Waals surface area contributed by atoms with E-state index in [9.17, 15) is 9.18 Å². The molecule has 2 aromatic heterocycles. The van der Waals surface area contributed by atoms with Gasteiger partial charge in [0.15, 0.2) is 16.8 Å². The highest BCUT2D eigenvalue weighted by molar-refractivity contribution is 7.22. The van der Waals surface area contributed by atoms with E-state index < -0.39 is 0 Å². The van der Waals surface area contributed by atoms with Gasteiger partial charge in [-0.2, -0.15) is 0 Å². The molecular formula is C20H16FN3O2S. The maximum absolute atomic E-state index is 13.8. The van der Waals surface area contributed by atoms with Crippen LogP contribution in [0.25, 0.3) is 21.5 Å². The van der Waals surface area contributed by atoms with Crippen LogP contribution >= 0.6 is 11.3 Å². The molecule has 2 aromatic carbocycles. The zero-order chi connectivity index (χ0) is 18.8. The Balaban J connectivity index is 1.38. The molecule has 27 heavy (non-hydrogen) atoms. The van der Waals surface area contributed by atoms with Crippen molar-refractivity contribution in [2.75, 3.05) is 5.32 Å². The molecule has 0 aliphatic rings. The maximum Gasteiger partial charge on any atom is 0.226 e. The van der Waals surface area contributed by atoms with Crippen molar-refractivity contribution >= 4 is 32.6 Å². The van der Waals surface area contributed by atoms with Crippen molar-refractivity contribution in [3.05, 3.63) is 65.9 Å². The number of amides is 1. The highest BCUT2D eigenvalue weighted by Crippen LogP contribution is 2.27. The number of halogens is 1. The molecule has 1 N–H and O–H groups in total.